The Balaban J connectivity index is 2.43. The molecule has 1 aliphatic rings. The van der Waals surface area contributed by atoms with Crippen LogP contribution in [0.2, 0.25) is 0 Å². The quantitative estimate of drug-likeness (QED) is 0.418. The normalized spacial score (nSPS) is 19.2. The van der Waals surface area contributed by atoms with E-state index in [0.29, 0.717) is 5.41 Å². The third-order valence-electron chi connectivity index (χ3n) is 2.81. The van der Waals surface area contributed by atoms with Crippen LogP contribution in [0.4, 0.5) is 0 Å². The molecular formula is C11H13NO. The van der Waals surface area contributed by atoms with Crippen molar-refractivity contribution < 1.29 is 5.21 Å². The fourth-order valence-corrected chi connectivity index (χ4v) is 1.68. The molecule has 68 valence electrons. The van der Waals surface area contributed by atoms with Crippen LogP contribution in [-0.2, 0) is 5.41 Å². The Bertz CT molecular complexity index is 340. The minimum atomic E-state index is 0.331. The van der Waals surface area contributed by atoms with Crippen LogP contribution in [0.15, 0.2) is 29.4 Å². The number of rotatable bonds is 2. The predicted molar refractivity (Wildman–Crippen MR) is 52.4 cm³/mol. The third kappa shape index (κ3) is 1.44. The molecule has 0 unspecified atom stereocenters. The number of nitrogens with zero attached hydrogens (tertiary/aromatic N) is 1. The third-order valence-corrected chi connectivity index (χ3v) is 2.81. The second-order valence-electron chi connectivity index (χ2n) is 3.89. The summed E-state index contributed by atoms with van der Waals surface area (Å²) in [6.45, 7) is 2.25. The van der Waals surface area contributed by atoms with E-state index in [1.165, 1.54) is 24.6 Å². The van der Waals surface area contributed by atoms with Crippen molar-refractivity contribution in [2.45, 2.75) is 25.2 Å². The first-order valence-electron chi connectivity index (χ1n) is 4.53. The first-order chi connectivity index (χ1) is 6.26. The van der Waals surface area contributed by atoms with Crippen molar-refractivity contribution in [2.75, 3.05) is 0 Å². The SMILES string of the molecule is CC1(c2ccccc2C=NO)CC1. The van der Waals surface area contributed by atoms with Gasteiger partial charge in [-0.25, -0.2) is 0 Å². The van der Waals surface area contributed by atoms with Gasteiger partial charge in [0.1, 0.15) is 0 Å². The van der Waals surface area contributed by atoms with Gasteiger partial charge in [-0.1, -0.05) is 36.3 Å². The largest absolute Gasteiger partial charge is 0.411 e. The smallest absolute Gasteiger partial charge is 0.0736 e. The summed E-state index contributed by atoms with van der Waals surface area (Å²) in [5.41, 5.74) is 2.66. The average Bonchev–Trinajstić information content (AvgIpc) is 2.86. The molecule has 1 N–H and O–H groups in total. The highest BCUT2D eigenvalue weighted by Gasteiger charge is 2.40. The second-order valence-corrected chi connectivity index (χ2v) is 3.89. The summed E-state index contributed by atoms with van der Waals surface area (Å²) in [7, 11) is 0. The first-order valence-corrected chi connectivity index (χ1v) is 4.53. The van der Waals surface area contributed by atoms with E-state index in [4.69, 9.17) is 5.21 Å². The number of benzene rings is 1. The maximum atomic E-state index is 8.50. The molecule has 0 spiro atoms. The molecule has 1 aromatic rings. The van der Waals surface area contributed by atoms with E-state index in [9.17, 15) is 0 Å². The maximum absolute atomic E-state index is 8.50. The van der Waals surface area contributed by atoms with Gasteiger partial charge in [0.15, 0.2) is 0 Å². The molecule has 0 heterocycles. The van der Waals surface area contributed by atoms with Gasteiger partial charge in [-0.15, -0.1) is 0 Å². The lowest BCUT2D eigenvalue weighted by atomic mass is 9.94. The van der Waals surface area contributed by atoms with E-state index in [0.717, 1.165) is 5.56 Å². The van der Waals surface area contributed by atoms with Crippen molar-refractivity contribution in [3.63, 3.8) is 0 Å². The van der Waals surface area contributed by atoms with Crippen LogP contribution in [-0.4, -0.2) is 11.4 Å². The maximum Gasteiger partial charge on any atom is 0.0736 e. The molecule has 0 atom stereocenters. The summed E-state index contributed by atoms with van der Waals surface area (Å²) in [5, 5.41) is 11.6. The van der Waals surface area contributed by atoms with E-state index in [1.54, 1.807) is 0 Å². The van der Waals surface area contributed by atoms with E-state index in [2.05, 4.69) is 18.1 Å². The van der Waals surface area contributed by atoms with Crippen molar-refractivity contribution in [1.29, 1.82) is 0 Å². The van der Waals surface area contributed by atoms with Gasteiger partial charge >= 0.3 is 0 Å². The summed E-state index contributed by atoms with van der Waals surface area (Å²) >= 11 is 0. The highest BCUT2D eigenvalue weighted by atomic mass is 16.4. The van der Waals surface area contributed by atoms with Gasteiger partial charge in [0.25, 0.3) is 0 Å². The highest BCUT2D eigenvalue weighted by molar-refractivity contribution is 5.82. The van der Waals surface area contributed by atoms with Crippen molar-refractivity contribution >= 4 is 6.21 Å². The fraction of sp³-hybridized carbons (Fsp3) is 0.364. The Kier molecular flexibility index (Phi) is 1.83. The minimum absolute atomic E-state index is 0.331. The zero-order chi connectivity index (χ0) is 9.31. The molecule has 2 rings (SSSR count). The van der Waals surface area contributed by atoms with Crippen molar-refractivity contribution in [2.24, 2.45) is 5.16 Å². The van der Waals surface area contributed by atoms with E-state index >= 15 is 0 Å². The monoisotopic (exact) mass is 175 g/mol. The van der Waals surface area contributed by atoms with Gasteiger partial charge in [-0.2, -0.15) is 0 Å². The summed E-state index contributed by atoms with van der Waals surface area (Å²) < 4.78 is 0. The van der Waals surface area contributed by atoms with Crippen molar-refractivity contribution in [1.82, 2.24) is 0 Å². The average molecular weight is 175 g/mol. The zero-order valence-electron chi connectivity index (χ0n) is 7.70. The molecule has 0 amide bonds. The van der Waals surface area contributed by atoms with Gasteiger partial charge in [-0.3, -0.25) is 0 Å². The van der Waals surface area contributed by atoms with E-state index < -0.39 is 0 Å². The molecule has 1 aliphatic carbocycles. The standard InChI is InChI=1S/C11H13NO/c1-11(6-7-11)10-5-3-2-4-9(10)8-12-13/h2-5,8,13H,6-7H2,1H3. The van der Waals surface area contributed by atoms with Gasteiger partial charge in [0.2, 0.25) is 0 Å². The van der Waals surface area contributed by atoms with Gasteiger partial charge < -0.3 is 5.21 Å². The minimum Gasteiger partial charge on any atom is -0.411 e. The molecule has 0 aliphatic heterocycles. The van der Waals surface area contributed by atoms with E-state index in [1.807, 2.05) is 18.2 Å². The Morgan fingerprint density at radius 2 is 2.08 bits per heavy atom. The lowest BCUT2D eigenvalue weighted by Crippen LogP contribution is -2.03. The van der Waals surface area contributed by atoms with Crippen LogP contribution in [0, 0.1) is 0 Å². The second kappa shape index (κ2) is 2.87. The highest BCUT2D eigenvalue weighted by Crippen LogP contribution is 2.48. The number of oxime groups is 1. The van der Waals surface area contributed by atoms with Crippen LogP contribution in [0.1, 0.15) is 30.9 Å². The van der Waals surface area contributed by atoms with Crippen LogP contribution >= 0.6 is 0 Å². The molecule has 1 fully saturated rings. The lowest BCUT2D eigenvalue weighted by molar-refractivity contribution is 0.322. The molecule has 1 saturated carbocycles. The fourth-order valence-electron chi connectivity index (χ4n) is 1.68. The summed E-state index contributed by atoms with van der Waals surface area (Å²) in [5.74, 6) is 0. The Morgan fingerprint density at radius 1 is 1.38 bits per heavy atom. The van der Waals surface area contributed by atoms with Crippen LogP contribution in [0.25, 0.3) is 0 Å². The Labute approximate surface area is 77.9 Å². The molecular weight excluding hydrogens is 162 g/mol. The summed E-state index contributed by atoms with van der Waals surface area (Å²) in [4.78, 5) is 0. The summed E-state index contributed by atoms with van der Waals surface area (Å²) in [6, 6.07) is 8.10. The van der Waals surface area contributed by atoms with Crippen molar-refractivity contribution in [3.05, 3.63) is 35.4 Å². The molecule has 0 bridgehead atoms. The topological polar surface area (TPSA) is 32.6 Å². The predicted octanol–water partition coefficient (Wildman–Crippen LogP) is 2.55. The van der Waals surface area contributed by atoms with E-state index in [-0.39, 0.29) is 0 Å². The van der Waals surface area contributed by atoms with Gasteiger partial charge in [0.05, 0.1) is 6.21 Å². The molecule has 2 heteroatoms. The summed E-state index contributed by atoms with van der Waals surface area (Å²) in [6.07, 6.45) is 3.99. The molecule has 13 heavy (non-hydrogen) atoms. The molecule has 0 saturated heterocycles. The molecule has 0 aromatic heterocycles. The van der Waals surface area contributed by atoms with Crippen molar-refractivity contribution in [3.8, 4) is 0 Å². The Morgan fingerprint density at radius 3 is 2.69 bits per heavy atom. The van der Waals surface area contributed by atoms with Crippen LogP contribution in [0.5, 0.6) is 0 Å². The van der Waals surface area contributed by atoms with Crippen LogP contribution in [0.3, 0.4) is 0 Å². The number of hydrogen-bond donors (Lipinski definition) is 1. The molecule has 0 radical (unpaired) electrons. The van der Waals surface area contributed by atoms with Gasteiger partial charge in [-0.05, 0) is 29.4 Å². The lowest BCUT2D eigenvalue weighted by Gasteiger charge is -2.11. The number of hydrogen-bond acceptors (Lipinski definition) is 2. The van der Waals surface area contributed by atoms with Crippen LogP contribution < -0.4 is 0 Å². The van der Waals surface area contributed by atoms with Gasteiger partial charge in [0, 0.05) is 0 Å². The first kappa shape index (κ1) is 8.30. The Hall–Kier alpha value is -1.31. The molecule has 2 nitrogen and oxygen atoms in total. The molecule has 1 aromatic carbocycles. The zero-order valence-corrected chi connectivity index (χ0v) is 7.70.